The van der Waals surface area contributed by atoms with Gasteiger partial charge < -0.3 is 5.11 Å². The van der Waals surface area contributed by atoms with Crippen molar-refractivity contribution < 1.29 is 9.90 Å². The summed E-state index contributed by atoms with van der Waals surface area (Å²) in [6.45, 7) is 5.55. The van der Waals surface area contributed by atoms with Gasteiger partial charge in [0.2, 0.25) is 0 Å². The Kier molecular flexibility index (Phi) is 2.67. The van der Waals surface area contributed by atoms with Crippen LogP contribution in [0.25, 0.3) is 11.1 Å². The highest BCUT2D eigenvalue weighted by atomic mass is 16.4. The van der Waals surface area contributed by atoms with Crippen LogP contribution in [0.4, 0.5) is 0 Å². The lowest BCUT2D eigenvalue weighted by atomic mass is 9.99. The monoisotopic (exact) mass is 231 g/mol. The van der Waals surface area contributed by atoms with Gasteiger partial charge in [0, 0.05) is 28.7 Å². The van der Waals surface area contributed by atoms with Crippen molar-refractivity contribution in [2.24, 2.45) is 0 Å². The lowest BCUT2D eigenvalue weighted by Gasteiger charge is -2.07. The fraction of sp³-hybridized carbons (Fsp3) is 0.250. The Labute approximate surface area is 98.5 Å². The van der Waals surface area contributed by atoms with Crippen LogP contribution in [0.15, 0.2) is 12.3 Å². The standard InChI is InChI=1S/C12H13N3O2/c1-6-4-9(10(5-13-6)12(16)17)11-7(2)14-15-8(11)3/h4-5H,1-3H3,(H,14,15)(H,16,17). The van der Waals surface area contributed by atoms with Gasteiger partial charge in [-0.05, 0) is 26.8 Å². The molecule has 5 nitrogen and oxygen atoms in total. The van der Waals surface area contributed by atoms with Crippen molar-refractivity contribution in [3.8, 4) is 11.1 Å². The third kappa shape index (κ3) is 1.91. The zero-order valence-corrected chi connectivity index (χ0v) is 9.90. The van der Waals surface area contributed by atoms with Gasteiger partial charge in [-0.25, -0.2) is 4.79 Å². The van der Waals surface area contributed by atoms with Crippen LogP contribution >= 0.6 is 0 Å². The fourth-order valence-corrected chi connectivity index (χ4v) is 1.88. The van der Waals surface area contributed by atoms with Gasteiger partial charge in [-0.1, -0.05) is 0 Å². The van der Waals surface area contributed by atoms with Gasteiger partial charge in [-0.15, -0.1) is 0 Å². The first-order chi connectivity index (χ1) is 8.00. The summed E-state index contributed by atoms with van der Waals surface area (Å²) in [5, 5.41) is 16.1. The van der Waals surface area contributed by atoms with Crippen molar-refractivity contribution in [3.63, 3.8) is 0 Å². The molecule has 0 aliphatic heterocycles. The molecular formula is C12H13N3O2. The maximum atomic E-state index is 11.2. The minimum absolute atomic E-state index is 0.197. The van der Waals surface area contributed by atoms with Gasteiger partial charge in [0.15, 0.2) is 0 Å². The number of hydrogen-bond acceptors (Lipinski definition) is 3. The number of aromatic amines is 1. The molecular weight excluding hydrogens is 218 g/mol. The third-order valence-electron chi connectivity index (χ3n) is 2.67. The Morgan fingerprint density at radius 3 is 2.59 bits per heavy atom. The Balaban J connectivity index is 2.74. The first kappa shape index (κ1) is 11.3. The van der Waals surface area contributed by atoms with Crippen LogP contribution in [-0.2, 0) is 0 Å². The molecule has 0 aliphatic rings. The van der Waals surface area contributed by atoms with Gasteiger partial charge >= 0.3 is 5.97 Å². The fourth-order valence-electron chi connectivity index (χ4n) is 1.88. The van der Waals surface area contributed by atoms with Crippen LogP contribution in [-0.4, -0.2) is 26.3 Å². The second kappa shape index (κ2) is 4.01. The Bertz CT molecular complexity index is 568. The molecule has 0 unspecified atom stereocenters. The molecule has 2 N–H and O–H groups in total. The van der Waals surface area contributed by atoms with E-state index in [1.54, 1.807) is 6.07 Å². The van der Waals surface area contributed by atoms with E-state index in [2.05, 4.69) is 15.2 Å². The number of hydrogen-bond donors (Lipinski definition) is 2. The number of aromatic carboxylic acids is 1. The lowest BCUT2D eigenvalue weighted by molar-refractivity contribution is 0.0697. The number of carboxylic acids is 1. The number of aromatic nitrogens is 3. The summed E-state index contributed by atoms with van der Waals surface area (Å²) in [5.74, 6) is -0.979. The Morgan fingerprint density at radius 2 is 2.06 bits per heavy atom. The largest absolute Gasteiger partial charge is 0.478 e. The number of H-pyrrole nitrogens is 1. The van der Waals surface area contributed by atoms with Crippen LogP contribution in [0.2, 0.25) is 0 Å². The molecule has 0 radical (unpaired) electrons. The van der Waals surface area contributed by atoms with Crippen molar-refractivity contribution in [2.75, 3.05) is 0 Å². The average Bonchev–Trinajstić information content (AvgIpc) is 2.58. The summed E-state index contributed by atoms with van der Waals surface area (Å²) in [6, 6.07) is 1.77. The van der Waals surface area contributed by atoms with Crippen molar-refractivity contribution in [3.05, 3.63) is 34.9 Å². The lowest BCUT2D eigenvalue weighted by Crippen LogP contribution is -2.02. The van der Waals surface area contributed by atoms with Gasteiger partial charge in [0.05, 0.1) is 11.3 Å². The van der Waals surface area contributed by atoms with E-state index in [-0.39, 0.29) is 5.56 Å². The van der Waals surface area contributed by atoms with Crippen molar-refractivity contribution in [2.45, 2.75) is 20.8 Å². The summed E-state index contributed by atoms with van der Waals surface area (Å²) in [4.78, 5) is 15.2. The molecule has 0 amide bonds. The topological polar surface area (TPSA) is 78.9 Å². The zero-order chi connectivity index (χ0) is 12.6. The van der Waals surface area contributed by atoms with E-state index in [4.69, 9.17) is 5.11 Å². The number of carboxylic acid groups (broad SMARTS) is 1. The van der Waals surface area contributed by atoms with Gasteiger partial charge in [0.25, 0.3) is 0 Å². The van der Waals surface area contributed by atoms with Gasteiger partial charge in [-0.3, -0.25) is 10.1 Å². The summed E-state index contributed by atoms with van der Waals surface area (Å²) < 4.78 is 0. The molecule has 0 spiro atoms. The predicted octanol–water partition coefficient (Wildman–Crippen LogP) is 2.10. The predicted molar refractivity (Wildman–Crippen MR) is 63.0 cm³/mol. The van der Waals surface area contributed by atoms with E-state index >= 15 is 0 Å². The molecule has 0 bridgehead atoms. The van der Waals surface area contributed by atoms with Gasteiger partial charge in [0.1, 0.15) is 0 Å². The van der Waals surface area contributed by atoms with E-state index in [1.165, 1.54) is 6.20 Å². The molecule has 2 heterocycles. The van der Waals surface area contributed by atoms with E-state index in [0.29, 0.717) is 5.56 Å². The number of rotatable bonds is 2. The highest BCUT2D eigenvalue weighted by Crippen LogP contribution is 2.28. The smallest absolute Gasteiger partial charge is 0.337 e. The molecule has 2 aromatic heterocycles. The molecule has 2 aromatic rings. The molecule has 17 heavy (non-hydrogen) atoms. The van der Waals surface area contributed by atoms with E-state index in [9.17, 15) is 4.79 Å². The molecule has 88 valence electrons. The summed E-state index contributed by atoms with van der Waals surface area (Å²) >= 11 is 0. The highest BCUT2D eigenvalue weighted by molar-refractivity contribution is 5.96. The molecule has 0 atom stereocenters. The maximum Gasteiger partial charge on any atom is 0.337 e. The minimum atomic E-state index is -0.979. The third-order valence-corrected chi connectivity index (χ3v) is 2.67. The molecule has 0 saturated carbocycles. The number of aryl methyl sites for hydroxylation is 3. The number of nitrogens with one attached hydrogen (secondary N) is 1. The quantitative estimate of drug-likeness (QED) is 0.829. The Morgan fingerprint density at radius 1 is 1.35 bits per heavy atom. The highest BCUT2D eigenvalue weighted by Gasteiger charge is 2.17. The molecule has 2 rings (SSSR count). The van der Waals surface area contributed by atoms with Crippen molar-refractivity contribution >= 4 is 5.97 Å². The SMILES string of the molecule is Cc1cc(-c2c(C)n[nH]c2C)c(C(=O)O)cn1. The number of nitrogens with zero attached hydrogens (tertiary/aromatic N) is 2. The zero-order valence-electron chi connectivity index (χ0n) is 9.90. The van der Waals surface area contributed by atoms with E-state index in [0.717, 1.165) is 22.6 Å². The van der Waals surface area contributed by atoms with Crippen LogP contribution in [0, 0.1) is 20.8 Å². The van der Waals surface area contributed by atoms with Gasteiger partial charge in [-0.2, -0.15) is 5.10 Å². The summed E-state index contributed by atoms with van der Waals surface area (Å²) in [6.07, 6.45) is 1.39. The van der Waals surface area contributed by atoms with Crippen molar-refractivity contribution in [1.29, 1.82) is 0 Å². The maximum absolute atomic E-state index is 11.2. The normalized spacial score (nSPS) is 10.5. The van der Waals surface area contributed by atoms with Crippen molar-refractivity contribution in [1.82, 2.24) is 15.2 Å². The second-order valence-corrected chi connectivity index (χ2v) is 3.99. The van der Waals surface area contributed by atoms with Crippen LogP contribution in [0.3, 0.4) is 0 Å². The first-order valence-corrected chi connectivity index (χ1v) is 5.22. The van der Waals surface area contributed by atoms with Crippen LogP contribution < -0.4 is 0 Å². The molecule has 0 aliphatic carbocycles. The molecule has 0 fully saturated rings. The Hall–Kier alpha value is -2.17. The van der Waals surface area contributed by atoms with E-state index < -0.39 is 5.97 Å². The number of carbonyl (C=O) groups is 1. The van der Waals surface area contributed by atoms with Crippen LogP contribution in [0.5, 0.6) is 0 Å². The first-order valence-electron chi connectivity index (χ1n) is 5.22. The molecule has 0 aromatic carbocycles. The molecule has 5 heteroatoms. The van der Waals surface area contributed by atoms with E-state index in [1.807, 2.05) is 20.8 Å². The minimum Gasteiger partial charge on any atom is -0.478 e. The average molecular weight is 231 g/mol. The summed E-state index contributed by atoms with van der Waals surface area (Å²) in [7, 11) is 0. The second-order valence-electron chi connectivity index (χ2n) is 3.99. The summed E-state index contributed by atoms with van der Waals surface area (Å²) in [5.41, 5.74) is 4.13. The van der Waals surface area contributed by atoms with Crippen LogP contribution in [0.1, 0.15) is 27.4 Å². The molecule has 0 saturated heterocycles. The number of pyridine rings is 1.